The van der Waals surface area contributed by atoms with E-state index in [1.165, 1.54) is 25.2 Å². The van der Waals surface area contributed by atoms with Crippen molar-refractivity contribution in [2.24, 2.45) is 10.1 Å². The summed E-state index contributed by atoms with van der Waals surface area (Å²) >= 11 is 0. The molecule has 2 aromatic carbocycles. The summed E-state index contributed by atoms with van der Waals surface area (Å²) in [7, 11) is -2.43. The van der Waals surface area contributed by atoms with Crippen LogP contribution in [0.3, 0.4) is 0 Å². The van der Waals surface area contributed by atoms with E-state index < -0.39 is 27.6 Å². The summed E-state index contributed by atoms with van der Waals surface area (Å²) in [6, 6.07) is 8.31. The number of nitrogens with two attached hydrogens (primary N) is 1. The Hall–Kier alpha value is -1.93. The van der Waals surface area contributed by atoms with Gasteiger partial charge in [-0.15, -0.1) is 24.0 Å². The SMILES string of the molecule is CN=C(NCc1cccc(S(N)(=O)=O)c1)NCc1ccc(F)cc1C(F)(F)F.I. The van der Waals surface area contributed by atoms with Gasteiger partial charge in [-0.2, -0.15) is 13.2 Å². The highest BCUT2D eigenvalue weighted by molar-refractivity contribution is 14.0. The molecule has 0 aliphatic rings. The van der Waals surface area contributed by atoms with Gasteiger partial charge in [-0.05, 0) is 35.4 Å². The monoisotopic (exact) mass is 546 g/mol. The van der Waals surface area contributed by atoms with Gasteiger partial charge in [-0.25, -0.2) is 17.9 Å². The molecular weight excluding hydrogens is 527 g/mol. The third-order valence-corrected chi connectivity index (χ3v) is 4.65. The van der Waals surface area contributed by atoms with Crippen molar-refractivity contribution in [3.63, 3.8) is 0 Å². The molecule has 4 N–H and O–H groups in total. The normalized spacial score (nSPS) is 12.3. The Morgan fingerprint density at radius 2 is 1.76 bits per heavy atom. The number of guanidine groups is 1. The second-order valence-corrected chi connectivity index (χ2v) is 7.33. The number of benzene rings is 2. The molecule has 2 aromatic rings. The van der Waals surface area contributed by atoms with Gasteiger partial charge in [-0.1, -0.05) is 18.2 Å². The van der Waals surface area contributed by atoms with E-state index in [0.717, 1.165) is 12.1 Å². The summed E-state index contributed by atoms with van der Waals surface area (Å²) in [6.45, 7) is -0.0927. The highest BCUT2D eigenvalue weighted by Gasteiger charge is 2.33. The minimum absolute atomic E-state index is 0. The van der Waals surface area contributed by atoms with Crippen LogP contribution in [0, 0.1) is 5.82 Å². The number of nitrogens with one attached hydrogen (secondary N) is 2. The Morgan fingerprint density at radius 1 is 1.10 bits per heavy atom. The molecule has 0 unspecified atom stereocenters. The maximum absolute atomic E-state index is 13.2. The van der Waals surface area contributed by atoms with Gasteiger partial charge in [0.25, 0.3) is 0 Å². The first kappa shape index (κ1) is 25.1. The first-order chi connectivity index (χ1) is 13.0. The van der Waals surface area contributed by atoms with Crippen molar-refractivity contribution in [2.75, 3.05) is 7.05 Å². The largest absolute Gasteiger partial charge is 0.416 e. The molecule has 160 valence electrons. The third-order valence-electron chi connectivity index (χ3n) is 3.73. The lowest BCUT2D eigenvalue weighted by Gasteiger charge is -2.16. The summed E-state index contributed by atoms with van der Waals surface area (Å²) < 4.78 is 75.0. The summed E-state index contributed by atoms with van der Waals surface area (Å²) in [6.07, 6.45) is -4.69. The maximum Gasteiger partial charge on any atom is 0.416 e. The van der Waals surface area contributed by atoms with Crippen molar-refractivity contribution >= 4 is 40.0 Å². The van der Waals surface area contributed by atoms with E-state index in [4.69, 9.17) is 5.14 Å². The molecule has 6 nitrogen and oxygen atoms in total. The highest BCUT2D eigenvalue weighted by atomic mass is 127. The zero-order valence-electron chi connectivity index (χ0n) is 15.1. The number of hydrogen-bond acceptors (Lipinski definition) is 3. The molecule has 0 fully saturated rings. The van der Waals surface area contributed by atoms with Crippen molar-refractivity contribution in [2.45, 2.75) is 24.2 Å². The predicted molar refractivity (Wildman–Crippen MR) is 112 cm³/mol. The first-order valence-corrected chi connectivity index (χ1v) is 9.47. The topological polar surface area (TPSA) is 96.6 Å². The van der Waals surface area contributed by atoms with Crippen LogP contribution in [-0.4, -0.2) is 21.4 Å². The standard InChI is InChI=1S/C17H18F4N4O2S.HI/c1-23-16(24-9-11-3-2-4-14(7-11)28(22,26)27)25-10-12-5-6-13(18)8-15(12)17(19,20)21;/h2-8H,9-10H2,1H3,(H2,22,26,27)(H2,23,24,25);1H. The molecule has 0 heterocycles. The summed E-state index contributed by atoms with van der Waals surface area (Å²) in [5, 5.41) is 10.6. The number of aliphatic imine (C=N–C) groups is 1. The van der Waals surface area contributed by atoms with Crippen molar-refractivity contribution in [1.82, 2.24) is 10.6 Å². The van der Waals surface area contributed by atoms with Crippen LogP contribution in [0.25, 0.3) is 0 Å². The van der Waals surface area contributed by atoms with E-state index in [1.807, 2.05) is 0 Å². The molecule has 0 aromatic heterocycles. The fourth-order valence-corrected chi connectivity index (χ4v) is 2.97. The molecule has 0 saturated heterocycles. The smallest absolute Gasteiger partial charge is 0.352 e. The lowest BCUT2D eigenvalue weighted by molar-refractivity contribution is -0.138. The van der Waals surface area contributed by atoms with Gasteiger partial charge in [-0.3, -0.25) is 4.99 Å². The molecule has 0 aliphatic heterocycles. The van der Waals surface area contributed by atoms with Crippen molar-refractivity contribution < 1.29 is 26.0 Å². The van der Waals surface area contributed by atoms with Crippen LogP contribution < -0.4 is 15.8 Å². The summed E-state index contributed by atoms with van der Waals surface area (Å²) in [4.78, 5) is 3.84. The van der Waals surface area contributed by atoms with Gasteiger partial charge in [0.2, 0.25) is 10.0 Å². The van der Waals surface area contributed by atoms with Gasteiger partial charge in [0, 0.05) is 20.1 Å². The number of alkyl halides is 3. The van der Waals surface area contributed by atoms with Crippen LogP contribution in [-0.2, 0) is 29.3 Å². The molecule has 0 spiro atoms. The minimum Gasteiger partial charge on any atom is -0.352 e. The quantitative estimate of drug-likeness (QED) is 0.233. The molecular formula is C17H19F4IN4O2S. The number of rotatable bonds is 5. The number of sulfonamides is 1. The van der Waals surface area contributed by atoms with Crippen LogP contribution >= 0.6 is 24.0 Å². The molecule has 2 rings (SSSR count). The van der Waals surface area contributed by atoms with Crippen LogP contribution in [0.2, 0.25) is 0 Å². The van der Waals surface area contributed by atoms with Crippen molar-refractivity contribution in [3.8, 4) is 0 Å². The second kappa shape index (κ2) is 10.2. The Morgan fingerprint density at radius 3 is 2.34 bits per heavy atom. The number of nitrogens with zero attached hydrogens (tertiary/aromatic N) is 1. The Bertz CT molecular complexity index is 982. The second-order valence-electron chi connectivity index (χ2n) is 5.77. The van der Waals surface area contributed by atoms with Gasteiger partial charge < -0.3 is 10.6 Å². The van der Waals surface area contributed by atoms with Gasteiger partial charge >= 0.3 is 6.18 Å². The summed E-state index contributed by atoms with van der Waals surface area (Å²) in [5.41, 5.74) is -0.642. The minimum atomic E-state index is -4.69. The highest BCUT2D eigenvalue weighted by Crippen LogP contribution is 2.32. The van der Waals surface area contributed by atoms with E-state index in [2.05, 4.69) is 15.6 Å². The Labute approximate surface area is 182 Å². The van der Waals surface area contributed by atoms with E-state index in [9.17, 15) is 26.0 Å². The lowest BCUT2D eigenvalue weighted by atomic mass is 10.1. The molecule has 0 bridgehead atoms. The number of halogens is 5. The first-order valence-electron chi connectivity index (χ1n) is 7.92. The van der Waals surface area contributed by atoms with Crippen LogP contribution in [0.5, 0.6) is 0 Å². The number of primary sulfonamides is 1. The summed E-state index contributed by atoms with van der Waals surface area (Å²) in [5.74, 6) is -0.799. The van der Waals surface area contributed by atoms with E-state index in [1.54, 1.807) is 6.07 Å². The van der Waals surface area contributed by atoms with Gasteiger partial charge in [0.1, 0.15) is 5.82 Å². The van der Waals surface area contributed by atoms with Crippen LogP contribution in [0.4, 0.5) is 17.6 Å². The van der Waals surface area contributed by atoms with E-state index in [-0.39, 0.29) is 53.5 Å². The third kappa shape index (κ3) is 7.44. The fourth-order valence-electron chi connectivity index (χ4n) is 2.38. The zero-order valence-corrected chi connectivity index (χ0v) is 18.3. The van der Waals surface area contributed by atoms with Crippen molar-refractivity contribution in [3.05, 3.63) is 65.0 Å². The molecule has 0 saturated carbocycles. The van der Waals surface area contributed by atoms with Crippen LogP contribution in [0.1, 0.15) is 16.7 Å². The zero-order chi connectivity index (χ0) is 20.9. The van der Waals surface area contributed by atoms with Crippen molar-refractivity contribution in [1.29, 1.82) is 0 Å². The van der Waals surface area contributed by atoms with Gasteiger partial charge in [0.15, 0.2) is 5.96 Å². The number of hydrogen-bond donors (Lipinski definition) is 3. The fraction of sp³-hybridized carbons (Fsp3) is 0.235. The molecule has 0 aliphatic carbocycles. The Balaban J connectivity index is 0.00000420. The predicted octanol–water partition coefficient (Wildman–Crippen LogP) is 2.98. The van der Waals surface area contributed by atoms with E-state index in [0.29, 0.717) is 11.6 Å². The molecule has 0 amide bonds. The molecule has 0 radical (unpaired) electrons. The molecule has 12 heteroatoms. The maximum atomic E-state index is 13.2. The van der Waals surface area contributed by atoms with E-state index >= 15 is 0 Å². The average molecular weight is 546 g/mol. The molecule has 0 atom stereocenters. The lowest BCUT2D eigenvalue weighted by Crippen LogP contribution is -2.36. The Kier molecular flexibility index (Phi) is 8.84. The average Bonchev–Trinajstić information content (AvgIpc) is 2.61. The van der Waals surface area contributed by atoms with Crippen LogP contribution in [0.15, 0.2) is 52.4 Å². The van der Waals surface area contributed by atoms with Gasteiger partial charge in [0.05, 0.1) is 10.5 Å². The molecule has 29 heavy (non-hydrogen) atoms.